The Hall–Kier alpha value is -0.990. The molecule has 1 atom stereocenters. The molecule has 0 radical (unpaired) electrons. The predicted octanol–water partition coefficient (Wildman–Crippen LogP) is 2.66. The van der Waals surface area contributed by atoms with Gasteiger partial charge in [-0.05, 0) is 37.5 Å². The van der Waals surface area contributed by atoms with Crippen LogP contribution in [0.3, 0.4) is 0 Å². The standard InChI is InChI=1S/C16H22BrFN2O3S/c1-2-8-24(22,23)20-7-3-4-12(11-20)16(21)19-10-13-9-14(17)5-6-15(13)18/h5-6,9,12H,2-4,7-8,10-11H2,1H3,(H,19,21). The fourth-order valence-corrected chi connectivity index (χ4v) is 4.80. The molecule has 0 aliphatic carbocycles. The van der Waals surface area contributed by atoms with E-state index in [1.54, 1.807) is 12.1 Å². The van der Waals surface area contributed by atoms with Gasteiger partial charge in [-0.15, -0.1) is 0 Å². The fourth-order valence-electron chi connectivity index (χ4n) is 2.80. The van der Waals surface area contributed by atoms with Gasteiger partial charge in [-0.3, -0.25) is 4.79 Å². The van der Waals surface area contributed by atoms with Crippen LogP contribution in [0.5, 0.6) is 0 Å². The molecule has 0 spiro atoms. The van der Waals surface area contributed by atoms with Crippen LogP contribution in [0.15, 0.2) is 22.7 Å². The van der Waals surface area contributed by atoms with Crippen LogP contribution in [0.2, 0.25) is 0 Å². The van der Waals surface area contributed by atoms with Gasteiger partial charge in [-0.2, -0.15) is 0 Å². The second kappa shape index (κ2) is 8.40. The summed E-state index contributed by atoms with van der Waals surface area (Å²) in [7, 11) is -3.29. The molecule has 1 aromatic rings. The predicted molar refractivity (Wildman–Crippen MR) is 94.3 cm³/mol. The van der Waals surface area contributed by atoms with Crippen molar-refractivity contribution in [3.63, 3.8) is 0 Å². The minimum absolute atomic E-state index is 0.0856. The van der Waals surface area contributed by atoms with Crippen LogP contribution in [-0.4, -0.2) is 37.5 Å². The zero-order valence-electron chi connectivity index (χ0n) is 13.6. The molecular weight excluding hydrogens is 399 g/mol. The quantitative estimate of drug-likeness (QED) is 0.768. The number of amides is 1. The normalized spacial score (nSPS) is 19.2. The minimum Gasteiger partial charge on any atom is -0.352 e. The van der Waals surface area contributed by atoms with Crippen molar-refractivity contribution in [1.82, 2.24) is 9.62 Å². The summed E-state index contributed by atoms with van der Waals surface area (Å²) < 4.78 is 40.2. The van der Waals surface area contributed by atoms with Crippen molar-refractivity contribution in [2.45, 2.75) is 32.7 Å². The minimum atomic E-state index is -3.29. The Balaban J connectivity index is 1.96. The van der Waals surface area contributed by atoms with Crippen molar-refractivity contribution >= 4 is 31.9 Å². The molecule has 1 saturated heterocycles. The number of benzene rings is 1. The Bertz CT molecular complexity index is 697. The summed E-state index contributed by atoms with van der Waals surface area (Å²) in [5.41, 5.74) is 0.393. The Morgan fingerprint density at radius 2 is 2.21 bits per heavy atom. The Morgan fingerprint density at radius 1 is 1.46 bits per heavy atom. The van der Waals surface area contributed by atoms with Crippen molar-refractivity contribution in [2.75, 3.05) is 18.8 Å². The van der Waals surface area contributed by atoms with E-state index in [4.69, 9.17) is 0 Å². The number of nitrogens with one attached hydrogen (secondary N) is 1. The van der Waals surface area contributed by atoms with Gasteiger partial charge in [0.2, 0.25) is 15.9 Å². The van der Waals surface area contributed by atoms with Gasteiger partial charge in [0.1, 0.15) is 5.82 Å². The number of carbonyl (C=O) groups excluding carboxylic acids is 1. The van der Waals surface area contributed by atoms with E-state index < -0.39 is 10.0 Å². The van der Waals surface area contributed by atoms with Gasteiger partial charge in [-0.25, -0.2) is 17.1 Å². The van der Waals surface area contributed by atoms with E-state index in [-0.39, 0.29) is 36.5 Å². The maximum Gasteiger partial charge on any atom is 0.224 e. The number of rotatable bonds is 6. The van der Waals surface area contributed by atoms with Gasteiger partial charge in [0.05, 0.1) is 11.7 Å². The first-order valence-electron chi connectivity index (χ1n) is 8.03. The molecule has 0 bridgehead atoms. The first-order chi connectivity index (χ1) is 11.3. The SMILES string of the molecule is CCCS(=O)(=O)N1CCCC(C(=O)NCc2cc(Br)ccc2F)C1. The Labute approximate surface area is 150 Å². The highest BCUT2D eigenvalue weighted by molar-refractivity contribution is 9.10. The largest absolute Gasteiger partial charge is 0.352 e. The maximum absolute atomic E-state index is 13.7. The summed E-state index contributed by atoms with van der Waals surface area (Å²) in [6, 6.07) is 4.55. The van der Waals surface area contributed by atoms with Crippen LogP contribution >= 0.6 is 15.9 Å². The van der Waals surface area contributed by atoms with Gasteiger partial charge in [0.15, 0.2) is 0 Å². The molecule has 1 amide bonds. The molecule has 0 aromatic heterocycles. The lowest BCUT2D eigenvalue weighted by atomic mass is 9.98. The number of nitrogens with zero attached hydrogens (tertiary/aromatic N) is 1. The lowest BCUT2D eigenvalue weighted by Crippen LogP contribution is -2.45. The van der Waals surface area contributed by atoms with Crippen LogP contribution in [-0.2, 0) is 21.4 Å². The number of hydrogen-bond donors (Lipinski definition) is 1. The number of piperidine rings is 1. The van der Waals surface area contributed by atoms with E-state index >= 15 is 0 Å². The third-order valence-electron chi connectivity index (χ3n) is 4.07. The molecule has 5 nitrogen and oxygen atoms in total. The van der Waals surface area contributed by atoms with Crippen LogP contribution in [0, 0.1) is 11.7 Å². The summed E-state index contributed by atoms with van der Waals surface area (Å²) in [6.07, 6.45) is 1.86. The third kappa shape index (κ3) is 5.00. The Kier molecular flexibility index (Phi) is 6.77. The zero-order valence-corrected chi connectivity index (χ0v) is 16.0. The molecule has 8 heteroatoms. The van der Waals surface area contributed by atoms with Gasteiger partial charge >= 0.3 is 0 Å². The highest BCUT2D eigenvalue weighted by atomic mass is 79.9. The summed E-state index contributed by atoms with van der Waals surface area (Å²) in [5.74, 6) is -0.898. The van der Waals surface area contributed by atoms with E-state index in [0.717, 1.165) is 4.47 Å². The van der Waals surface area contributed by atoms with Gasteiger partial charge < -0.3 is 5.32 Å². The summed E-state index contributed by atoms with van der Waals surface area (Å²) >= 11 is 3.27. The van der Waals surface area contributed by atoms with Crippen LogP contribution in [0.4, 0.5) is 4.39 Å². The average molecular weight is 421 g/mol. The molecule has 24 heavy (non-hydrogen) atoms. The van der Waals surface area contributed by atoms with Crippen LogP contribution in [0.25, 0.3) is 0 Å². The molecule has 1 heterocycles. The van der Waals surface area contributed by atoms with Gasteiger partial charge in [-0.1, -0.05) is 22.9 Å². The molecule has 1 fully saturated rings. The van der Waals surface area contributed by atoms with Crippen molar-refractivity contribution < 1.29 is 17.6 Å². The molecule has 1 unspecified atom stereocenters. The molecule has 1 aliphatic rings. The molecule has 2 rings (SSSR count). The second-order valence-corrected chi connectivity index (χ2v) is 8.97. The topological polar surface area (TPSA) is 66.5 Å². The zero-order chi connectivity index (χ0) is 17.7. The number of hydrogen-bond acceptors (Lipinski definition) is 3. The highest BCUT2D eigenvalue weighted by Crippen LogP contribution is 2.21. The van der Waals surface area contributed by atoms with Crippen molar-refractivity contribution in [3.8, 4) is 0 Å². The average Bonchev–Trinajstić information content (AvgIpc) is 2.55. The number of halogens is 2. The third-order valence-corrected chi connectivity index (χ3v) is 6.61. The van der Waals surface area contributed by atoms with Crippen molar-refractivity contribution in [2.24, 2.45) is 5.92 Å². The van der Waals surface area contributed by atoms with E-state index in [0.29, 0.717) is 31.4 Å². The monoisotopic (exact) mass is 420 g/mol. The molecular formula is C16H22BrFN2O3S. The summed E-state index contributed by atoms with van der Waals surface area (Å²) in [5, 5.41) is 2.72. The lowest BCUT2D eigenvalue weighted by molar-refractivity contribution is -0.126. The Morgan fingerprint density at radius 3 is 2.92 bits per heavy atom. The van der Waals surface area contributed by atoms with E-state index in [1.807, 2.05) is 6.92 Å². The molecule has 1 aromatic carbocycles. The van der Waals surface area contributed by atoms with E-state index in [2.05, 4.69) is 21.2 Å². The first-order valence-corrected chi connectivity index (χ1v) is 10.4. The van der Waals surface area contributed by atoms with Crippen LogP contribution in [0.1, 0.15) is 31.7 Å². The second-order valence-electron chi connectivity index (χ2n) is 5.97. The van der Waals surface area contributed by atoms with Gasteiger partial charge in [0.25, 0.3) is 0 Å². The molecule has 1 aliphatic heterocycles. The number of carbonyl (C=O) groups is 1. The first kappa shape index (κ1) is 19.3. The van der Waals surface area contributed by atoms with Crippen molar-refractivity contribution in [3.05, 3.63) is 34.1 Å². The molecule has 134 valence electrons. The maximum atomic E-state index is 13.7. The van der Waals surface area contributed by atoms with Crippen LogP contribution < -0.4 is 5.32 Å². The fraction of sp³-hybridized carbons (Fsp3) is 0.562. The smallest absolute Gasteiger partial charge is 0.224 e. The number of sulfonamides is 1. The molecule has 1 N–H and O–H groups in total. The molecule has 0 saturated carbocycles. The summed E-state index contributed by atoms with van der Waals surface area (Å²) in [4.78, 5) is 12.3. The lowest BCUT2D eigenvalue weighted by Gasteiger charge is -2.31. The van der Waals surface area contributed by atoms with Crippen molar-refractivity contribution in [1.29, 1.82) is 0 Å². The van der Waals surface area contributed by atoms with E-state index in [1.165, 1.54) is 10.4 Å². The van der Waals surface area contributed by atoms with E-state index in [9.17, 15) is 17.6 Å². The van der Waals surface area contributed by atoms with Gasteiger partial charge in [0, 0.05) is 29.7 Å². The summed E-state index contributed by atoms with van der Waals surface area (Å²) in [6.45, 7) is 2.57. The highest BCUT2D eigenvalue weighted by Gasteiger charge is 2.31.